The average molecular weight is 350 g/mol. The van der Waals surface area contributed by atoms with Gasteiger partial charge < -0.3 is 15.4 Å². The minimum absolute atomic E-state index is 0.135. The summed E-state index contributed by atoms with van der Waals surface area (Å²) < 4.78 is 5.98. The van der Waals surface area contributed by atoms with E-state index in [0.29, 0.717) is 25.5 Å². The molecule has 2 fully saturated rings. The Labute approximate surface area is 155 Å². The van der Waals surface area contributed by atoms with Gasteiger partial charge in [0.15, 0.2) is 0 Å². The summed E-state index contributed by atoms with van der Waals surface area (Å²) in [6.45, 7) is 2.01. The predicted octanol–water partition coefficient (Wildman–Crippen LogP) is 3.00. The second-order valence-corrected chi connectivity index (χ2v) is 7.52. The number of ether oxygens (including phenoxy) is 1. The number of amides is 1. The minimum atomic E-state index is 0.135. The molecule has 0 unspecified atom stereocenters. The van der Waals surface area contributed by atoms with Crippen LogP contribution in [0.4, 0.5) is 0 Å². The Morgan fingerprint density at radius 3 is 2.54 bits per heavy atom. The van der Waals surface area contributed by atoms with Crippen LogP contribution in [0.5, 0.6) is 5.75 Å². The molecule has 0 aromatic heterocycles. The molecule has 2 N–H and O–H groups in total. The maximum atomic E-state index is 12.8. The molecule has 4 nitrogen and oxygen atoms in total. The number of carbonyl (C=O) groups excluding carboxylic acids is 1. The van der Waals surface area contributed by atoms with Gasteiger partial charge in [-0.05, 0) is 36.3 Å². The van der Waals surface area contributed by atoms with Crippen LogP contribution in [0.15, 0.2) is 54.6 Å². The molecule has 0 radical (unpaired) electrons. The molecule has 1 saturated heterocycles. The maximum absolute atomic E-state index is 12.8. The summed E-state index contributed by atoms with van der Waals surface area (Å²) >= 11 is 0. The van der Waals surface area contributed by atoms with E-state index in [0.717, 1.165) is 29.3 Å². The highest BCUT2D eigenvalue weighted by atomic mass is 16.5. The Hall–Kier alpha value is -2.33. The lowest BCUT2D eigenvalue weighted by atomic mass is 9.99. The van der Waals surface area contributed by atoms with Gasteiger partial charge in [-0.3, -0.25) is 4.79 Å². The molecule has 26 heavy (non-hydrogen) atoms. The van der Waals surface area contributed by atoms with Crippen LogP contribution in [0.2, 0.25) is 0 Å². The van der Waals surface area contributed by atoms with Crippen LogP contribution in [0.1, 0.15) is 24.0 Å². The zero-order chi connectivity index (χ0) is 17.9. The molecular weight excluding hydrogens is 324 g/mol. The molecule has 136 valence electrons. The zero-order valence-corrected chi connectivity index (χ0v) is 15.0. The largest absolute Gasteiger partial charge is 0.489 e. The molecule has 1 aliphatic heterocycles. The van der Waals surface area contributed by atoms with Crippen molar-refractivity contribution in [2.24, 2.45) is 17.6 Å². The van der Waals surface area contributed by atoms with Gasteiger partial charge in [-0.1, -0.05) is 48.5 Å². The number of carbonyl (C=O) groups is 1. The lowest BCUT2D eigenvalue weighted by Crippen LogP contribution is -2.33. The van der Waals surface area contributed by atoms with Crippen molar-refractivity contribution in [1.82, 2.24) is 4.90 Å². The quantitative estimate of drug-likeness (QED) is 0.871. The smallest absolute Gasteiger partial charge is 0.227 e. The van der Waals surface area contributed by atoms with Crippen LogP contribution in [0.25, 0.3) is 0 Å². The Morgan fingerprint density at radius 1 is 1.04 bits per heavy atom. The highest BCUT2D eigenvalue weighted by Gasteiger charge is 2.42. The van der Waals surface area contributed by atoms with Crippen molar-refractivity contribution in [2.45, 2.75) is 31.9 Å². The molecular formula is C22H26N2O2. The number of nitrogens with two attached hydrogens (primary N) is 1. The fourth-order valence-corrected chi connectivity index (χ4v) is 3.88. The van der Waals surface area contributed by atoms with Gasteiger partial charge in [-0.15, -0.1) is 0 Å². The molecule has 0 spiro atoms. The molecule has 0 bridgehead atoms. The first-order valence-electron chi connectivity index (χ1n) is 9.48. The normalized spacial score (nSPS) is 22.4. The van der Waals surface area contributed by atoms with E-state index in [-0.39, 0.29) is 11.9 Å². The molecule has 1 heterocycles. The van der Waals surface area contributed by atoms with Crippen LogP contribution < -0.4 is 10.5 Å². The van der Waals surface area contributed by atoms with Crippen molar-refractivity contribution < 1.29 is 9.53 Å². The first-order chi connectivity index (χ1) is 12.7. The van der Waals surface area contributed by atoms with Gasteiger partial charge in [0, 0.05) is 24.7 Å². The van der Waals surface area contributed by atoms with Gasteiger partial charge in [0.25, 0.3) is 0 Å². The fraction of sp³-hybridized carbons (Fsp3) is 0.409. The van der Waals surface area contributed by atoms with Gasteiger partial charge in [0.2, 0.25) is 5.91 Å². The van der Waals surface area contributed by atoms with E-state index in [9.17, 15) is 4.79 Å². The van der Waals surface area contributed by atoms with Crippen LogP contribution >= 0.6 is 0 Å². The monoisotopic (exact) mass is 350 g/mol. The SMILES string of the molecule is N[C@@H]1CN(C(=O)Cc2ccccc2OCc2ccccc2)C[C@H]1C1CC1. The third-order valence-electron chi connectivity index (χ3n) is 5.54. The lowest BCUT2D eigenvalue weighted by Gasteiger charge is -2.18. The maximum Gasteiger partial charge on any atom is 0.227 e. The van der Waals surface area contributed by atoms with Gasteiger partial charge in [0.05, 0.1) is 6.42 Å². The Balaban J connectivity index is 1.39. The van der Waals surface area contributed by atoms with E-state index in [1.165, 1.54) is 12.8 Å². The molecule has 1 aliphatic carbocycles. The lowest BCUT2D eigenvalue weighted by molar-refractivity contribution is -0.129. The van der Waals surface area contributed by atoms with Crippen molar-refractivity contribution in [3.63, 3.8) is 0 Å². The van der Waals surface area contributed by atoms with E-state index in [1.807, 2.05) is 59.5 Å². The molecule has 2 aromatic carbocycles. The number of hydrogen-bond donors (Lipinski definition) is 1. The Bertz CT molecular complexity index is 758. The average Bonchev–Trinajstić information content (AvgIpc) is 3.43. The Kier molecular flexibility index (Phi) is 4.93. The van der Waals surface area contributed by atoms with Crippen molar-refractivity contribution in [2.75, 3.05) is 13.1 Å². The van der Waals surface area contributed by atoms with Gasteiger partial charge >= 0.3 is 0 Å². The highest BCUT2D eigenvalue weighted by Crippen LogP contribution is 2.41. The molecule has 1 saturated carbocycles. The van der Waals surface area contributed by atoms with E-state index in [4.69, 9.17) is 10.5 Å². The Morgan fingerprint density at radius 2 is 1.77 bits per heavy atom. The van der Waals surface area contributed by atoms with E-state index in [1.54, 1.807) is 0 Å². The van der Waals surface area contributed by atoms with Crippen LogP contribution in [-0.2, 0) is 17.8 Å². The van der Waals surface area contributed by atoms with Crippen molar-refractivity contribution in [3.8, 4) is 5.75 Å². The molecule has 4 heteroatoms. The van der Waals surface area contributed by atoms with Crippen LogP contribution in [0, 0.1) is 11.8 Å². The topological polar surface area (TPSA) is 55.6 Å². The molecule has 1 amide bonds. The number of rotatable bonds is 6. The molecule has 4 rings (SSSR count). The first kappa shape index (κ1) is 17.1. The summed E-state index contributed by atoms with van der Waals surface area (Å²) in [5.74, 6) is 2.17. The summed E-state index contributed by atoms with van der Waals surface area (Å²) in [6.07, 6.45) is 2.92. The number of benzene rings is 2. The van der Waals surface area contributed by atoms with Crippen molar-refractivity contribution in [1.29, 1.82) is 0 Å². The van der Waals surface area contributed by atoms with Crippen molar-refractivity contribution >= 4 is 5.91 Å². The number of nitrogens with zero attached hydrogens (tertiary/aromatic N) is 1. The van der Waals surface area contributed by atoms with E-state index in [2.05, 4.69) is 0 Å². The minimum Gasteiger partial charge on any atom is -0.489 e. The standard InChI is InChI=1S/C22H26N2O2/c23-20-14-24(13-19(20)17-10-11-17)22(25)12-18-8-4-5-9-21(18)26-15-16-6-2-1-3-7-16/h1-9,17,19-20H,10-15,23H2/t19-,20+/m0/s1. The van der Waals surface area contributed by atoms with Crippen LogP contribution in [0.3, 0.4) is 0 Å². The summed E-state index contributed by atoms with van der Waals surface area (Å²) in [6, 6.07) is 18.0. The highest BCUT2D eigenvalue weighted by molar-refractivity contribution is 5.80. The van der Waals surface area contributed by atoms with Gasteiger partial charge in [0.1, 0.15) is 12.4 Å². The predicted molar refractivity (Wildman–Crippen MR) is 102 cm³/mol. The first-order valence-corrected chi connectivity index (χ1v) is 9.48. The molecule has 2 aromatic rings. The summed E-state index contributed by atoms with van der Waals surface area (Å²) in [5.41, 5.74) is 8.32. The second-order valence-electron chi connectivity index (χ2n) is 7.52. The summed E-state index contributed by atoms with van der Waals surface area (Å²) in [4.78, 5) is 14.7. The number of para-hydroxylation sites is 1. The second kappa shape index (κ2) is 7.50. The summed E-state index contributed by atoms with van der Waals surface area (Å²) in [5, 5.41) is 0. The number of hydrogen-bond acceptors (Lipinski definition) is 3. The van der Waals surface area contributed by atoms with Crippen molar-refractivity contribution in [3.05, 3.63) is 65.7 Å². The van der Waals surface area contributed by atoms with E-state index >= 15 is 0 Å². The fourth-order valence-electron chi connectivity index (χ4n) is 3.88. The van der Waals surface area contributed by atoms with E-state index < -0.39 is 0 Å². The number of likely N-dealkylation sites (tertiary alicyclic amines) is 1. The third-order valence-corrected chi connectivity index (χ3v) is 5.54. The van der Waals surface area contributed by atoms with Gasteiger partial charge in [-0.25, -0.2) is 0 Å². The van der Waals surface area contributed by atoms with Crippen LogP contribution in [-0.4, -0.2) is 29.9 Å². The molecule has 2 aliphatic rings. The molecule has 2 atom stereocenters. The van der Waals surface area contributed by atoms with Gasteiger partial charge in [-0.2, -0.15) is 0 Å². The zero-order valence-electron chi connectivity index (χ0n) is 15.0. The summed E-state index contributed by atoms with van der Waals surface area (Å²) in [7, 11) is 0. The third kappa shape index (κ3) is 3.91.